The largest absolute Gasteiger partial charge is 0.462 e. The third kappa shape index (κ3) is 3.41. The maximum absolute atomic E-state index is 11.9. The first kappa shape index (κ1) is 14.1. The van der Waals surface area contributed by atoms with Gasteiger partial charge in [0.1, 0.15) is 6.10 Å². The second kappa shape index (κ2) is 6.25. The van der Waals surface area contributed by atoms with Gasteiger partial charge in [-0.15, -0.1) is 0 Å². The molecule has 3 nitrogen and oxygen atoms in total. The molecule has 1 aliphatic heterocycles. The summed E-state index contributed by atoms with van der Waals surface area (Å²) in [5.41, 5.74) is 1.19. The number of hydrogen-bond donors (Lipinski definition) is 0. The Kier molecular flexibility index (Phi) is 4.18. The first-order chi connectivity index (χ1) is 10.2. The van der Waals surface area contributed by atoms with Crippen LogP contribution in [-0.2, 0) is 20.7 Å². The number of ketones is 1. The molecule has 0 amide bonds. The highest BCUT2D eigenvalue weighted by atomic mass is 16.5. The minimum atomic E-state index is -0.0847. The van der Waals surface area contributed by atoms with E-state index in [2.05, 4.69) is 0 Å². The zero-order chi connectivity index (χ0) is 14.7. The Morgan fingerprint density at radius 3 is 2.86 bits per heavy atom. The normalized spacial score (nSPS) is 27.8. The Balaban J connectivity index is 1.49. The van der Waals surface area contributed by atoms with Crippen LogP contribution in [0.25, 0.3) is 0 Å². The van der Waals surface area contributed by atoms with E-state index in [0.29, 0.717) is 18.8 Å². The van der Waals surface area contributed by atoms with Crippen molar-refractivity contribution in [1.82, 2.24) is 0 Å². The lowest BCUT2D eigenvalue weighted by atomic mass is 9.92. The van der Waals surface area contributed by atoms with E-state index in [1.807, 2.05) is 36.4 Å². The minimum Gasteiger partial charge on any atom is -0.462 e. The van der Waals surface area contributed by atoms with Crippen molar-refractivity contribution in [2.24, 2.45) is 11.8 Å². The zero-order valence-corrected chi connectivity index (χ0v) is 12.0. The van der Waals surface area contributed by atoms with Crippen LogP contribution in [0.3, 0.4) is 0 Å². The van der Waals surface area contributed by atoms with Crippen LogP contribution >= 0.6 is 0 Å². The molecule has 0 bridgehead atoms. The van der Waals surface area contributed by atoms with E-state index in [-0.39, 0.29) is 23.8 Å². The predicted octanol–water partition coefficient (Wildman–Crippen LogP) is 3.09. The SMILES string of the molecule is O=C(C=CC1CCC2OC(=O)CC12)CCc1ccccc1. The molecule has 1 saturated heterocycles. The van der Waals surface area contributed by atoms with Crippen LogP contribution in [0, 0.1) is 11.8 Å². The van der Waals surface area contributed by atoms with E-state index in [9.17, 15) is 9.59 Å². The smallest absolute Gasteiger partial charge is 0.306 e. The third-order valence-electron chi connectivity index (χ3n) is 4.53. The van der Waals surface area contributed by atoms with Gasteiger partial charge < -0.3 is 4.74 Å². The number of carbonyl (C=O) groups excluding carboxylic acids is 2. The maximum atomic E-state index is 11.9. The molecular weight excluding hydrogens is 264 g/mol. The lowest BCUT2D eigenvalue weighted by Crippen LogP contribution is -2.12. The number of esters is 1. The number of hydrogen-bond acceptors (Lipinski definition) is 3. The lowest BCUT2D eigenvalue weighted by molar-refractivity contribution is -0.141. The van der Waals surface area contributed by atoms with E-state index in [4.69, 9.17) is 4.74 Å². The summed E-state index contributed by atoms with van der Waals surface area (Å²) in [5, 5.41) is 0. The van der Waals surface area contributed by atoms with Crippen LogP contribution in [0.5, 0.6) is 0 Å². The van der Waals surface area contributed by atoms with Gasteiger partial charge in [0.25, 0.3) is 0 Å². The summed E-state index contributed by atoms with van der Waals surface area (Å²) in [4.78, 5) is 23.2. The van der Waals surface area contributed by atoms with Crippen molar-refractivity contribution in [1.29, 1.82) is 0 Å². The van der Waals surface area contributed by atoms with Gasteiger partial charge in [0, 0.05) is 12.3 Å². The Bertz CT molecular complexity index is 547. The van der Waals surface area contributed by atoms with E-state index < -0.39 is 0 Å². The van der Waals surface area contributed by atoms with Crippen LogP contribution < -0.4 is 0 Å². The molecule has 2 aliphatic rings. The van der Waals surface area contributed by atoms with E-state index in [0.717, 1.165) is 19.3 Å². The second-order valence-corrected chi connectivity index (χ2v) is 5.95. The number of allylic oxidation sites excluding steroid dienone is 2. The Morgan fingerprint density at radius 1 is 1.24 bits per heavy atom. The predicted molar refractivity (Wildman–Crippen MR) is 79.6 cm³/mol. The topological polar surface area (TPSA) is 43.4 Å². The molecule has 3 unspecified atom stereocenters. The number of benzene rings is 1. The highest BCUT2D eigenvalue weighted by molar-refractivity contribution is 5.89. The number of rotatable bonds is 5. The van der Waals surface area contributed by atoms with Gasteiger partial charge in [-0.3, -0.25) is 9.59 Å². The monoisotopic (exact) mass is 284 g/mol. The van der Waals surface area contributed by atoms with Crippen LogP contribution in [-0.4, -0.2) is 17.9 Å². The van der Waals surface area contributed by atoms with Crippen molar-refractivity contribution in [2.45, 2.75) is 38.2 Å². The molecule has 110 valence electrons. The molecule has 0 spiro atoms. The van der Waals surface area contributed by atoms with Gasteiger partial charge in [-0.25, -0.2) is 0 Å². The number of carbonyl (C=O) groups is 2. The molecule has 1 saturated carbocycles. The summed E-state index contributed by atoms with van der Waals surface area (Å²) >= 11 is 0. The molecule has 3 rings (SSSR count). The summed E-state index contributed by atoms with van der Waals surface area (Å²) in [6, 6.07) is 10.0. The molecule has 1 aromatic rings. The fourth-order valence-electron chi connectivity index (χ4n) is 3.36. The average Bonchev–Trinajstić information content (AvgIpc) is 3.03. The number of aryl methyl sites for hydroxylation is 1. The van der Waals surface area contributed by atoms with Crippen molar-refractivity contribution in [3.05, 3.63) is 48.0 Å². The van der Waals surface area contributed by atoms with E-state index in [1.54, 1.807) is 6.08 Å². The Labute approximate surface area is 125 Å². The first-order valence-corrected chi connectivity index (χ1v) is 7.67. The van der Waals surface area contributed by atoms with Gasteiger partial charge in [0.05, 0.1) is 6.42 Å². The van der Waals surface area contributed by atoms with Crippen molar-refractivity contribution in [2.75, 3.05) is 0 Å². The minimum absolute atomic E-state index is 0.0847. The molecule has 3 atom stereocenters. The highest BCUT2D eigenvalue weighted by Crippen LogP contribution is 2.41. The van der Waals surface area contributed by atoms with Crippen LogP contribution in [0.15, 0.2) is 42.5 Å². The van der Waals surface area contributed by atoms with Gasteiger partial charge >= 0.3 is 5.97 Å². The summed E-state index contributed by atoms with van der Waals surface area (Å²) < 4.78 is 5.27. The van der Waals surface area contributed by atoms with Gasteiger partial charge in [0.15, 0.2) is 5.78 Å². The van der Waals surface area contributed by atoms with Crippen LogP contribution in [0.2, 0.25) is 0 Å². The molecule has 0 N–H and O–H groups in total. The van der Waals surface area contributed by atoms with Gasteiger partial charge in [-0.1, -0.05) is 36.4 Å². The summed E-state index contributed by atoms with van der Waals surface area (Å²) in [6.07, 6.45) is 7.58. The molecule has 1 heterocycles. The molecular formula is C18H20O3. The quantitative estimate of drug-likeness (QED) is 0.616. The summed E-state index contributed by atoms with van der Waals surface area (Å²) in [5.74, 6) is 0.684. The van der Waals surface area contributed by atoms with Crippen molar-refractivity contribution >= 4 is 11.8 Å². The molecule has 0 radical (unpaired) electrons. The summed E-state index contributed by atoms with van der Waals surface area (Å²) in [6.45, 7) is 0. The molecule has 2 fully saturated rings. The molecule has 1 aliphatic carbocycles. The van der Waals surface area contributed by atoms with Crippen LogP contribution in [0.4, 0.5) is 0 Å². The second-order valence-electron chi connectivity index (χ2n) is 5.95. The lowest BCUT2D eigenvalue weighted by Gasteiger charge is -2.10. The van der Waals surface area contributed by atoms with E-state index in [1.165, 1.54) is 5.56 Å². The van der Waals surface area contributed by atoms with Gasteiger partial charge in [0.2, 0.25) is 0 Å². The van der Waals surface area contributed by atoms with Crippen LogP contribution in [0.1, 0.15) is 31.2 Å². The molecule has 3 heteroatoms. The molecule has 1 aromatic carbocycles. The van der Waals surface area contributed by atoms with Crippen molar-refractivity contribution < 1.29 is 14.3 Å². The van der Waals surface area contributed by atoms with Crippen molar-refractivity contribution in [3.63, 3.8) is 0 Å². The fraction of sp³-hybridized carbons (Fsp3) is 0.444. The summed E-state index contributed by atoms with van der Waals surface area (Å²) in [7, 11) is 0. The zero-order valence-electron chi connectivity index (χ0n) is 12.0. The third-order valence-corrected chi connectivity index (χ3v) is 4.53. The molecule has 0 aromatic heterocycles. The van der Waals surface area contributed by atoms with Crippen molar-refractivity contribution in [3.8, 4) is 0 Å². The fourth-order valence-corrected chi connectivity index (χ4v) is 3.36. The van der Waals surface area contributed by atoms with E-state index >= 15 is 0 Å². The molecule has 21 heavy (non-hydrogen) atoms. The van der Waals surface area contributed by atoms with Gasteiger partial charge in [-0.05, 0) is 36.8 Å². The number of ether oxygens (including phenoxy) is 1. The van der Waals surface area contributed by atoms with Gasteiger partial charge in [-0.2, -0.15) is 0 Å². The Hall–Kier alpha value is -1.90. The highest BCUT2D eigenvalue weighted by Gasteiger charge is 2.43. The standard InChI is InChI=1S/C18H20O3/c19-15(9-6-13-4-2-1-3-5-13)10-7-14-8-11-17-16(14)12-18(20)21-17/h1-5,7,10,14,16-17H,6,8-9,11-12H2. The average molecular weight is 284 g/mol. The maximum Gasteiger partial charge on any atom is 0.306 e. The first-order valence-electron chi connectivity index (χ1n) is 7.67. The Morgan fingerprint density at radius 2 is 2.05 bits per heavy atom. The number of fused-ring (bicyclic) bond motifs is 1.